The molecule has 0 aliphatic heterocycles. The van der Waals surface area contributed by atoms with E-state index in [1.165, 1.54) is 16.8 Å². The number of hydrogen-bond donors (Lipinski definition) is 0. The van der Waals surface area contributed by atoms with Crippen molar-refractivity contribution in [1.29, 1.82) is 0 Å². The Morgan fingerprint density at radius 2 is 1.80 bits per heavy atom. The standard InChI is InChI=1S/C14H14N/c1-3-12-8-4-5-9-13(12)14-10-6-7-11-15(14)2/h3-11H,1H2,2H3/q+1. The second-order valence-electron chi connectivity index (χ2n) is 3.49. The second kappa shape index (κ2) is 4.09. The summed E-state index contributed by atoms with van der Waals surface area (Å²) in [5.74, 6) is 0. The van der Waals surface area contributed by atoms with Gasteiger partial charge in [-0.1, -0.05) is 30.9 Å². The van der Waals surface area contributed by atoms with E-state index in [0.717, 1.165) is 0 Å². The molecule has 0 saturated carbocycles. The van der Waals surface area contributed by atoms with Crippen LogP contribution in [0, 0.1) is 0 Å². The van der Waals surface area contributed by atoms with Gasteiger partial charge < -0.3 is 0 Å². The first-order chi connectivity index (χ1) is 7.33. The molecule has 0 unspecified atom stereocenters. The van der Waals surface area contributed by atoms with Crippen LogP contribution in [0.15, 0.2) is 55.2 Å². The van der Waals surface area contributed by atoms with Gasteiger partial charge in [0.15, 0.2) is 6.20 Å². The van der Waals surface area contributed by atoms with Crippen molar-refractivity contribution < 1.29 is 4.57 Å². The van der Waals surface area contributed by atoms with Crippen molar-refractivity contribution in [2.75, 3.05) is 0 Å². The van der Waals surface area contributed by atoms with Crippen LogP contribution < -0.4 is 4.57 Å². The monoisotopic (exact) mass is 196 g/mol. The molecule has 0 amide bonds. The highest BCUT2D eigenvalue weighted by Gasteiger charge is 2.10. The Hall–Kier alpha value is -1.89. The lowest BCUT2D eigenvalue weighted by atomic mass is 10.0. The molecule has 74 valence electrons. The van der Waals surface area contributed by atoms with Crippen molar-refractivity contribution >= 4 is 6.08 Å². The van der Waals surface area contributed by atoms with Gasteiger partial charge in [0.05, 0.1) is 5.56 Å². The maximum absolute atomic E-state index is 3.84. The zero-order chi connectivity index (χ0) is 10.7. The van der Waals surface area contributed by atoms with E-state index in [-0.39, 0.29) is 0 Å². The number of aromatic nitrogens is 1. The quantitative estimate of drug-likeness (QED) is 0.650. The molecule has 2 rings (SSSR count). The van der Waals surface area contributed by atoms with Gasteiger partial charge in [-0.25, -0.2) is 4.57 Å². The fourth-order valence-corrected chi connectivity index (χ4v) is 1.71. The van der Waals surface area contributed by atoms with Gasteiger partial charge in [0.1, 0.15) is 7.05 Å². The Balaban J connectivity index is 2.64. The van der Waals surface area contributed by atoms with Gasteiger partial charge >= 0.3 is 0 Å². The van der Waals surface area contributed by atoms with Crippen molar-refractivity contribution in [3.63, 3.8) is 0 Å². The maximum atomic E-state index is 3.84. The van der Waals surface area contributed by atoms with Crippen LogP contribution in [-0.2, 0) is 7.05 Å². The van der Waals surface area contributed by atoms with Crippen molar-refractivity contribution in [2.45, 2.75) is 0 Å². The van der Waals surface area contributed by atoms with Gasteiger partial charge in [0.25, 0.3) is 0 Å². The predicted octanol–water partition coefficient (Wildman–Crippen LogP) is 2.82. The van der Waals surface area contributed by atoms with E-state index in [1.807, 2.05) is 18.2 Å². The molecular formula is C14H14N+. The van der Waals surface area contributed by atoms with Crippen LogP contribution in [0.3, 0.4) is 0 Å². The molecule has 0 radical (unpaired) electrons. The van der Waals surface area contributed by atoms with E-state index >= 15 is 0 Å². The van der Waals surface area contributed by atoms with E-state index in [4.69, 9.17) is 0 Å². The lowest BCUT2D eigenvalue weighted by molar-refractivity contribution is -0.660. The van der Waals surface area contributed by atoms with Crippen LogP contribution in [0.4, 0.5) is 0 Å². The summed E-state index contributed by atoms with van der Waals surface area (Å²) in [7, 11) is 2.05. The maximum Gasteiger partial charge on any atom is 0.212 e. The van der Waals surface area contributed by atoms with Crippen LogP contribution in [0.1, 0.15) is 5.56 Å². The first kappa shape index (κ1) is 9.66. The molecule has 0 spiro atoms. The fourth-order valence-electron chi connectivity index (χ4n) is 1.71. The number of benzene rings is 1. The van der Waals surface area contributed by atoms with Crippen molar-refractivity contribution in [3.05, 3.63) is 60.8 Å². The summed E-state index contributed by atoms with van der Waals surface area (Å²) in [5, 5.41) is 0. The van der Waals surface area contributed by atoms with Gasteiger partial charge in [-0.15, -0.1) is 0 Å². The summed E-state index contributed by atoms with van der Waals surface area (Å²) in [4.78, 5) is 0. The van der Waals surface area contributed by atoms with E-state index in [0.29, 0.717) is 0 Å². The van der Waals surface area contributed by atoms with E-state index in [1.54, 1.807) is 0 Å². The van der Waals surface area contributed by atoms with Gasteiger partial charge in [-0.2, -0.15) is 0 Å². The average molecular weight is 196 g/mol. The van der Waals surface area contributed by atoms with Gasteiger partial charge in [0.2, 0.25) is 5.69 Å². The van der Waals surface area contributed by atoms with Crippen LogP contribution in [-0.4, -0.2) is 0 Å². The topological polar surface area (TPSA) is 3.88 Å². The normalized spacial score (nSPS) is 9.93. The number of pyridine rings is 1. The average Bonchev–Trinajstić information content (AvgIpc) is 2.30. The molecule has 0 atom stereocenters. The minimum atomic E-state index is 1.17. The Bertz CT molecular complexity index is 486. The number of hydrogen-bond acceptors (Lipinski definition) is 0. The van der Waals surface area contributed by atoms with Crippen molar-refractivity contribution in [2.24, 2.45) is 7.05 Å². The SMILES string of the molecule is C=Cc1ccccc1-c1cccc[n+]1C. The smallest absolute Gasteiger partial charge is 0.201 e. The zero-order valence-corrected chi connectivity index (χ0v) is 8.85. The number of nitrogens with zero attached hydrogens (tertiary/aromatic N) is 1. The van der Waals surface area contributed by atoms with E-state index in [2.05, 4.69) is 54.7 Å². The van der Waals surface area contributed by atoms with Crippen molar-refractivity contribution in [3.8, 4) is 11.3 Å². The van der Waals surface area contributed by atoms with Crippen LogP contribution >= 0.6 is 0 Å². The summed E-state index contributed by atoms with van der Waals surface area (Å²) in [5.41, 5.74) is 3.59. The molecule has 0 fully saturated rings. The number of rotatable bonds is 2. The highest BCUT2D eigenvalue weighted by Crippen LogP contribution is 2.20. The molecule has 15 heavy (non-hydrogen) atoms. The Morgan fingerprint density at radius 1 is 1.07 bits per heavy atom. The highest BCUT2D eigenvalue weighted by molar-refractivity contribution is 5.70. The molecule has 0 aliphatic rings. The molecule has 2 aromatic rings. The Kier molecular flexibility index (Phi) is 2.64. The van der Waals surface area contributed by atoms with Gasteiger partial charge in [0, 0.05) is 12.1 Å². The molecule has 1 heterocycles. The van der Waals surface area contributed by atoms with Crippen molar-refractivity contribution in [1.82, 2.24) is 0 Å². The third-order valence-electron chi connectivity index (χ3n) is 2.51. The lowest BCUT2D eigenvalue weighted by Crippen LogP contribution is -2.30. The summed E-state index contributed by atoms with van der Waals surface area (Å²) in [6, 6.07) is 14.5. The van der Waals surface area contributed by atoms with Gasteiger partial charge in [-0.05, 0) is 17.7 Å². The predicted molar refractivity (Wildman–Crippen MR) is 63.1 cm³/mol. The Labute approximate surface area is 90.3 Å². The Morgan fingerprint density at radius 3 is 2.53 bits per heavy atom. The zero-order valence-electron chi connectivity index (χ0n) is 8.85. The molecular weight excluding hydrogens is 182 g/mol. The second-order valence-corrected chi connectivity index (χ2v) is 3.49. The minimum Gasteiger partial charge on any atom is -0.201 e. The summed E-state index contributed by atoms with van der Waals surface area (Å²) in [6.07, 6.45) is 3.94. The fraction of sp³-hybridized carbons (Fsp3) is 0.0714. The van der Waals surface area contributed by atoms with Gasteiger partial charge in [-0.3, -0.25) is 0 Å². The summed E-state index contributed by atoms with van der Waals surface area (Å²) < 4.78 is 2.11. The first-order valence-corrected chi connectivity index (χ1v) is 4.99. The molecule has 0 aliphatic carbocycles. The molecule has 1 aromatic heterocycles. The molecule has 0 N–H and O–H groups in total. The molecule has 0 saturated heterocycles. The van der Waals surface area contributed by atoms with E-state index in [9.17, 15) is 0 Å². The van der Waals surface area contributed by atoms with Crippen LogP contribution in [0.5, 0.6) is 0 Å². The molecule has 1 nitrogen and oxygen atoms in total. The first-order valence-electron chi connectivity index (χ1n) is 4.99. The molecule has 0 bridgehead atoms. The molecule has 1 aromatic carbocycles. The molecule has 1 heteroatoms. The lowest BCUT2D eigenvalue weighted by Gasteiger charge is -2.03. The van der Waals surface area contributed by atoms with Crippen LogP contribution in [0.25, 0.3) is 17.3 Å². The van der Waals surface area contributed by atoms with E-state index < -0.39 is 0 Å². The summed E-state index contributed by atoms with van der Waals surface area (Å²) in [6.45, 7) is 3.84. The minimum absolute atomic E-state index is 1.17. The highest BCUT2D eigenvalue weighted by atomic mass is 14.9. The number of aryl methyl sites for hydroxylation is 1. The largest absolute Gasteiger partial charge is 0.212 e. The third-order valence-corrected chi connectivity index (χ3v) is 2.51. The third kappa shape index (κ3) is 1.82. The van der Waals surface area contributed by atoms with Crippen LogP contribution in [0.2, 0.25) is 0 Å². The summed E-state index contributed by atoms with van der Waals surface area (Å²) >= 11 is 0.